The molecule has 2 amide bonds. The minimum Gasteiger partial charge on any atom is -0.495 e. The van der Waals surface area contributed by atoms with Crippen LogP contribution in [0, 0.1) is 0 Å². The zero-order valence-electron chi connectivity index (χ0n) is 16.9. The van der Waals surface area contributed by atoms with Crippen molar-refractivity contribution in [3.63, 3.8) is 0 Å². The van der Waals surface area contributed by atoms with Crippen LogP contribution in [0.5, 0.6) is 5.75 Å². The van der Waals surface area contributed by atoms with Gasteiger partial charge in [0.05, 0.1) is 12.8 Å². The van der Waals surface area contributed by atoms with Gasteiger partial charge in [-0.15, -0.1) is 0 Å². The van der Waals surface area contributed by atoms with Gasteiger partial charge in [-0.3, -0.25) is 9.59 Å². The van der Waals surface area contributed by atoms with Crippen molar-refractivity contribution in [1.82, 2.24) is 14.8 Å². The third-order valence-corrected chi connectivity index (χ3v) is 5.55. The van der Waals surface area contributed by atoms with Gasteiger partial charge in [-0.05, 0) is 43.4 Å². The molecule has 0 radical (unpaired) electrons. The van der Waals surface area contributed by atoms with Crippen LogP contribution in [0.25, 0.3) is 10.9 Å². The van der Waals surface area contributed by atoms with Gasteiger partial charge in [0.1, 0.15) is 11.4 Å². The number of piperazine rings is 1. The van der Waals surface area contributed by atoms with E-state index in [-0.39, 0.29) is 11.8 Å². The number of ether oxygens (including phenoxy) is 1. The predicted octanol–water partition coefficient (Wildman–Crippen LogP) is 3.47. The van der Waals surface area contributed by atoms with Crippen molar-refractivity contribution in [2.45, 2.75) is 0 Å². The highest BCUT2D eigenvalue weighted by molar-refractivity contribution is 6.31. The van der Waals surface area contributed by atoms with Crippen LogP contribution in [0.3, 0.4) is 0 Å². The molecule has 1 fully saturated rings. The summed E-state index contributed by atoms with van der Waals surface area (Å²) in [6, 6.07) is 12.2. The van der Waals surface area contributed by atoms with Gasteiger partial charge in [0, 0.05) is 47.7 Å². The number of nitrogens with zero attached hydrogens (tertiary/aromatic N) is 2. The summed E-state index contributed by atoms with van der Waals surface area (Å²) in [5.74, 6) is 0.101. The van der Waals surface area contributed by atoms with Crippen LogP contribution < -0.4 is 10.1 Å². The minimum absolute atomic E-state index is 0.0542. The van der Waals surface area contributed by atoms with Crippen LogP contribution in [0.4, 0.5) is 5.69 Å². The summed E-state index contributed by atoms with van der Waals surface area (Å²) >= 11 is 6.02. The molecule has 3 aromatic rings. The topological polar surface area (TPSA) is 77.7 Å². The van der Waals surface area contributed by atoms with Crippen LogP contribution in [-0.2, 0) is 0 Å². The van der Waals surface area contributed by atoms with Crippen molar-refractivity contribution >= 4 is 40.0 Å². The first kappa shape index (κ1) is 20.3. The lowest BCUT2D eigenvalue weighted by Crippen LogP contribution is -2.47. The summed E-state index contributed by atoms with van der Waals surface area (Å²) < 4.78 is 5.38. The molecule has 1 saturated heterocycles. The number of H-pyrrole nitrogens is 1. The van der Waals surface area contributed by atoms with Gasteiger partial charge in [-0.1, -0.05) is 17.7 Å². The van der Waals surface area contributed by atoms with E-state index in [9.17, 15) is 9.59 Å². The number of carbonyl (C=O) groups excluding carboxylic acids is 2. The van der Waals surface area contributed by atoms with Crippen molar-refractivity contribution in [2.75, 3.05) is 45.7 Å². The van der Waals surface area contributed by atoms with E-state index in [1.165, 1.54) is 7.11 Å². The molecule has 0 bridgehead atoms. The van der Waals surface area contributed by atoms with E-state index in [0.29, 0.717) is 40.8 Å². The maximum Gasteiger partial charge on any atom is 0.272 e. The standard InChI is InChI=1S/C22H23ClN4O3/c1-26-7-9-27(10-8-26)22(29)15-4-6-20(30-2)18(12-15)25-21(28)19-11-14-3-5-16(23)13-17(14)24-19/h3-6,11-13,24H,7-10H2,1-2H3,(H,25,28). The van der Waals surface area contributed by atoms with Gasteiger partial charge in [0.25, 0.3) is 11.8 Å². The second-order valence-electron chi connectivity index (χ2n) is 7.38. The molecule has 30 heavy (non-hydrogen) atoms. The number of halogens is 1. The molecule has 2 N–H and O–H groups in total. The number of hydrogen-bond donors (Lipinski definition) is 2. The van der Waals surface area contributed by atoms with Crippen LogP contribution in [0.2, 0.25) is 5.02 Å². The molecule has 7 nitrogen and oxygen atoms in total. The Labute approximate surface area is 179 Å². The van der Waals surface area contributed by atoms with E-state index in [1.807, 2.05) is 18.0 Å². The van der Waals surface area contributed by atoms with Crippen LogP contribution in [0.15, 0.2) is 42.5 Å². The first-order chi connectivity index (χ1) is 14.4. The number of rotatable bonds is 4. The molecule has 1 aromatic heterocycles. The summed E-state index contributed by atoms with van der Waals surface area (Å²) in [7, 11) is 3.57. The number of methoxy groups -OCH3 is 1. The van der Waals surface area contributed by atoms with Crippen LogP contribution >= 0.6 is 11.6 Å². The molecular formula is C22H23ClN4O3. The highest BCUT2D eigenvalue weighted by Crippen LogP contribution is 2.27. The van der Waals surface area contributed by atoms with E-state index in [0.717, 1.165) is 24.0 Å². The monoisotopic (exact) mass is 426 g/mol. The van der Waals surface area contributed by atoms with Gasteiger partial charge in [-0.25, -0.2) is 0 Å². The smallest absolute Gasteiger partial charge is 0.272 e. The summed E-state index contributed by atoms with van der Waals surface area (Å²) in [5, 5.41) is 4.33. The third-order valence-electron chi connectivity index (χ3n) is 5.31. The molecule has 2 aromatic carbocycles. The molecular weight excluding hydrogens is 404 g/mol. The Morgan fingerprint density at radius 1 is 1.07 bits per heavy atom. The summed E-state index contributed by atoms with van der Waals surface area (Å²) in [5.41, 5.74) is 2.13. The normalized spacial score (nSPS) is 14.7. The number of aromatic amines is 1. The van der Waals surface area contributed by atoms with Gasteiger partial charge in [-0.2, -0.15) is 0 Å². The Kier molecular flexibility index (Phi) is 5.65. The van der Waals surface area contributed by atoms with Crippen molar-refractivity contribution in [2.24, 2.45) is 0 Å². The van der Waals surface area contributed by atoms with E-state index < -0.39 is 0 Å². The number of amides is 2. The van der Waals surface area contributed by atoms with Crippen molar-refractivity contribution in [3.8, 4) is 5.75 Å². The molecule has 0 atom stereocenters. The number of benzene rings is 2. The number of anilines is 1. The number of nitrogens with one attached hydrogen (secondary N) is 2. The van der Waals surface area contributed by atoms with Gasteiger partial charge in [0.15, 0.2) is 0 Å². The van der Waals surface area contributed by atoms with Crippen LogP contribution in [-0.4, -0.2) is 66.9 Å². The molecule has 8 heteroatoms. The SMILES string of the molecule is COc1ccc(C(=O)N2CCN(C)CC2)cc1NC(=O)c1cc2ccc(Cl)cc2[nH]1. The number of carbonyl (C=O) groups is 2. The Morgan fingerprint density at radius 2 is 1.83 bits per heavy atom. The Morgan fingerprint density at radius 3 is 2.57 bits per heavy atom. The zero-order chi connectivity index (χ0) is 21.3. The lowest BCUT2D eigenvalue weighted by Gasteiger charge is -2.32. The highest BCUT2D eigenvalue weighted by atomic mass is 35.5. The predicted molar refractivity (Wildman–Crippen MR) is 118 cm³/mol. The van der Waals surface area contributed by atoms with Gasteiger partial charge in [0.2, 0.25) is 0 Å². The van der Waals surface area contributed by atoms with E-state index in [4.69, 9.17) is 16.3 Å². The lowest BCUT2D eigenvalue weighted by atomic mass is 10.1. The second-order valence-corrected chi connectivity index (χ2v) is 7.82. The first-order valence-corrected chi connectivity index (χ1v) is 10.1. The quantitative estimate of drug-likeness (QED) is 0.669. The molecule has 4 rings (SSSR count). The maximum atomic E-state index is 12.9. The number of hydrogen-bond acceptors (Lipinski definition) is 4. The second kappa shape index (κ2) is 8.38. The zero-order valence-corrected chi connectivity index (χ0v) is 17.6. The first-order valence-electron chi connectivity index (χ1n) is 9.70. The summed E-state index contributed by atoms with van der Waals surface area (Å²) in [6.45, 7) is 3.05. The van der Waals surface area contributed by atoms with Crippen molar-refractivity contribution in [1.29, 1.82) is 0 Å². The maximum absolute atomic E-state index is 12.9. The molecule has 0 aliphatic carbocycles. The van der Waals surface area contributed by atoms with Crippen molar-refractivity contribution < 1.29 is 14.3 Å². The largest absolute Gasteiger partial charge is 0.495 e. The lowest BCUT2D eigenvalue weighted by molar-refractivity contribution is 0.0664. The molecule has 1 aliphatic heterocycles. The average Bonchev–Trinajstić information content (AvgIpc) is 3.17. The summed E-state index contributed by atoms with van der Waals surface area (Å²) in [6.07, 6.45) is 0. The number of likely N-dealkylation sites (N-methyl/N-ethyl adjacent to an activating group) is 1. The van der Waals surface area contributed by atoms with E-state index in [1.54, 1.807) is 36.4 Å². The number of aromatic nitrogens is 1. The molecule has 1 aliphatic rings. The van der Waals surface area contributed by atoms with E-state index >= 15 is 0 Å². The molecule has 2 heterocycles. The highest BCUT2D eigenvalue weighted by Gasteiger charge is 2.22. The number of fused-ring (bicyclic) bond motifs is 1. The van der Waals surface area contributed by atoms with Crippen molar-refractivity contribution in [3.05, 3.63) is 58.7 Å². The van der Waals surface area contributed by atoms with Gasteiger partial charge >= 0.3 is 0 Å². The molecule has 0 saturated carbocycles. The third kappa shape index (κ3) is 4.13. The van der Waals surface area contributed by atoms with Gasteiger partial charge < -0.3 is 24.8 Å². The molecule has 156 valence electrons. The fourth-order valence-electron chi connectivity index (χ4n) is 3.54. The molecule has 0 unspecified atom stereocenters. The minimum atomic E-state index is -0.329. The molecule has 0 spiro atoms. The fraction of sp³-hybridized carbons (Fsp3) is 0.273. The Bertz CT molecular complexity index is 1100. The average molecular weight is 427 g/mol. The van der Waals surface area contributed by atoms with Crippen LogP contribution in [0.1, 0.15) is 20.8 Å². The Hall–Kier alpha value is -3.03. The fourth-order valence-corrected chi connectivity index (χ4v) is 3.71. The van der Waals surface area contributed by atoms with E-state index in [2.05, 4.69) is 15.2 Å². The summed E-state index contributed by atoms with van der Waals surface area (Å²) in [4.78, 5) is 32.8. The Balaban J connectivity index is 1.57.